The first kappa shape index (κ1) is 14.7. The zero-order valence-corrected chi connectivity index (χ0v) is 13.7. The molecule has 3 atom stereocenters. The fraction of sp³-hybridized carbons (Fsp3) is 0.500. The molecule has 4 rings (SSSR count). The SMILES string of the molecule is C[C@H]1CN2C[C@H](NC(=O)c3cc4ccccc4n3C)C[C@H]2CO1. The van der Waals surface area contributed by atoms with E-state index in [2.05, 4.69) is 17.1 Å². The molecule has 1 N–H and O–H groups in total. The number of aryl methyl sites for hydroxylation is 1. The number of carbonyl (C=O) groups is 1. The minimum atomic E-state index is 0.0162. The Bertz CT molecular complexity index is 739. The quantitative estimate of drug-likeness (QED) is 0.919. The van der Waals surface area contributed by atoms with Gasteiger partial charge in [-0.05, 0) is 25.5 Å². The van der Waals surface area contributed by atoms with Gasteiger partial charge in [0.05, 0.1) is 12.7 Å². The van der Waals surface area contributed by atoms with Crippen LogP contribution in [0.25, 0.3) is 10.9 Å². The molecule has 23 heavy (non-hydrogen) atoms. The molecule has 2 aliphatic rings. The van der Waals surface area contributed by atoms with E-state index >= 15 is 0 Å². The smallest absolute Gasteiger partial charge is 0.268 e. The summed E-state index contributed by atoms with van der Waals surface area (Å²) in [4.78, 5) is 15.1. The number of rotatable bonds is 2. The number of aromatic nitrogens is 1. The second kappa shape index (κ2) is 5.65. The third kappa shape index (κ3) is 2.64. The number of ether oxygens (including phenoxy) is 1. The van der Waals surface area contributed by atoms with E-state index in [0.29, 0.717) is 12.1 Å². The van der Waals surface area contributed by atoms with Crippen LogP contribution < -0.4 is 5.32 Å². The predicted octanol–water partition coefficient (Wildman–Crippen LogP) is 1.77. The maximum Gasteiger partial charge on any atom is 0.268 e. The molecule has 0 spiro atoms. The van der Waals surface area contributed by atoms with E-state index in [1.54, 1.807) is 0 Å². The normalized spacial score (nSPS) is 28.0. The molecular weight excluding hydrogens is 290 g/mol. The first-order valence-corrected chi connectivity index (χ1v) is 8.33. The van der Waals surface area contributed by atoms with Crippen LogP contribution in [0, 0.1) is 0 Å². The van der Waals surface area contributed by atoms with Crippen molar-refractivity contribution < 1.29 is 9.53 Å². The van der Waals surface area contributed by atoms with Crippen molar-refractivity contribution in [3.05, 3.63) is 36.0 Å². The summed E-state index contributed by atoms with van der Waals surface area (Å²) < 4.78 is 7.70. The van der Waals surface area contributed by atoms with E-state index in [1.165, 1.54) is 0 Å². The van der Waals surface area contributed by atoms with Crippen molar-refractivity contribution in [3.63, 3.8) is 0 Å². The third-order valence-corrected chi connectivity index (χ3v) is 5.11. The van der Waals surface area contributed by atoms with E-state index in [4.69, 9.17) is 4.74 Å². The zero-order valence-electron chi connectivity index (χ0n) is 13.7. The minimum absolute atomic E-state index is 0.0162. The molecule has 2 aromatic rings. The Labute approximate surface area is 136 Å². The number of hydrogen-bond acceptors (Lipinski definition) is 3. The number of morpholine rings is 1. The summed E-state index contributed by atoms with van der Waals surface area (Å²) in [5.74, 6) is 0.0162. The molecule has 1 aromatic heterocycles. The Balaban J connectivity index is 1.48. The molecule has 122 valence electrons. The Morgan fingerprint density at radius 3 is 2.96 bits per heavy atom. The molecular formula is C18H23N3O2. The van der Waals surface area contributed by atoms with Crippen molar-refractivity contribution >= 4 is 16.8 Å². The summed E-state index contributed by atoms with van der Waals surface area (Å²) in [5, 5.41) is 4.31. The molecule has 5 nitrogen and oxygen atoms in total. The van der Waals surface area contributed by atoms with E-state index in [9.17, 15) is 4.79 Å². The molecule has 3 heterocycles. The maximum atomic E-state index is 12.7. The number of benzene rings is 1. The van der Waals surface area contributed by atoms with Gasteiger partial charge in [-0.2, -0.15) is 0 Å². The molecule has 0 saturated carbocycles. The fourth-order valence-corrected chi connectivity index (χ4v) is 3.91. The highest BCUT2D eigenvalue weighted by Crippen LogP contribution is 2.24. The van der Waals surface area contributed by atoms with Crippen molar-refractivity contribution in [2.75, 3.05) is 19.7 Å². The standard InChI is InChI=1S/C18H23N3O2/c1-12-9-21-10-14(8-15(21)11-23-12)19-18(22)17-7-13-5-3-4-6-16(13)20(17)2/h3-7,12,14-15H,8-11H2,1-2H3,(H,19,22)/t12-,14+,15-/m0/s1. The number of nitrogens with zero attached hydrogens (tertiary/aromatic N) is 2. The lowest BCUT2D eigenvalue weighted by molar-refractivity contribution is -0.0390. The molecule has 1 aromatic carbocycles. The molecule has 5 heteroatoms. The molecule has 0 unspecified atom stereocenters. The number of nitrogens with one attached hydrogen (secondary N) is 1. The third-order valence-electron chi connectivity index (χ3n) is 5.11. The highest BCUT2D eigenvalue weighted by molar-refractivity contribution is 5.98. The Morgan fingerprint density at radius 2 is 2.13 bits per heavy atom. The molecule has 2 saturated heterocycles. The Hall–Kier alpha value is -1.85. The summed E-state index contributed by atoms with van der Waals surface area (Å²) in [5.41, 5.74) is 1.81. The van der Waals surface area contributed by atoms with Gasteiger partial charge in [-0.15, -0.1) is 0 Å². The summed E-state index contributed by atoms with van der Waals surface area (Å²) >= 11 is 0. The van der Waals surface area contributed by atoms with Gasteiger partial charge in [0.2, 0.25) is 0 Å². The largest absolute Gasteiger partial charge is 0.376 e. The van der Waals surface area contributed by atoms with Gasteiger partial charge in [-0.25, -0.2) is 0 Å². The van der Waals surface area contributed by atoms with Gasteiger partial charge in [0.1, 0.15) is 5.69 Å². The molecule has 0 bridgehead atoms. The van der Waals surface area contributed by atoms with Crippen molar-refractivity contribution in [3.8, 4) is 0 Å². The lowest BCUT2D eigenvalue weighted by Gasteiger charge is -2.33. The number of carbonyl (C=O) groups excluding carboxylic acids is 1. The van der Waals surface area contributed by atoms with Crippen LogP contribution in [0.15, 0.2) is 30.3 Å². The van der Waals surface area contributed by atoms with Crippen molar-refractivity contribution in [1.82, 2.24) is 14.8 Å². The lowest BCUT2D eigenvalue weighted by atomic mass is 10.1. The Morgan fingerprint density at radius 1 is 1.30 bits per heavy atom. The van der Waals surface area contributed by atoms with Gasteiger partial charge < -0.3 is 14.6 Å². The molecule has 1 amide bonds. The van der Waals surface area contributed by atoms with Gasteiger partial charge in [0.15, 0.2) is 0 Å². The van der Waals surface area contributed by atoms with Gasteiger partial charge >= 0.3 is 0 Å². The zero-order chi connectivity index (χ0) is 16.0. The average molecular weight is 313 g/mol. The van der Waals surface area contributed by atoms with Crippen LogP contribution in [0.2, 0.25) is 0 Å². The van der Waals surface area contributed by atoms with Crippen LogP contribution in [0.4, 0.5) is 0 Å². The summed E-state index contributed by atoms with van der Waals surface area (Å²) in [6.45, 7) is 4.78. The summed E-state index contributed by atoms with van der Waals surface area (Å²) in [7, 11) is 1.95. The molecule has 0 radical (unpaired) electrons. The number of amides is 1. The van der Waals surface area contributed by atoms with Gasteiger partial charge in [0, 0.05) is 43.1 Å². The molecule has 0 aliphatic carbocycles. The monoisotopic (exact) mass is 313 g/mol. The fourth-order valence-electron chi connectivity index (χ4n) is 3.91. The number of hydrogen-bond donors (Lipinski definition) is 1. The lowest BCUT2D eigenvalue weighted by Crippen LogP contribution is -2.45. The number of fused-ring (bicyclic) bond motifs is 2. The van der Waals surface area contributed by atoms with Crippen LogP contribution in [0.3, 0.4) is 0 Å². The second-order valence-corrected chi connectivity index (χ2v) is 6.81. The minimum Gasteiger partial charge on any atom is -0.376 e. The van der Waals surface area contributed by atoms with Crippen molar-refractivity contribution in [2.45, 2.75) is 31.5 Å². The van der Waals surface area contributed by atoms with Crippen LogP contribution in [-0.4, -0.2) is 53.3 Å². The average Bonchev–Trinajstić information content (AvgIpc) is 3.08. The van der Waals surface area contributed by atoms with E-state index in [0.717, 1.165) is 42.7 Å². The second-order valence-electron chi connectivity index (χ2n) is 6.81. The highest BCUT2D eigenvalue weighted by Gasteiger charge is 2.37. The first-order valence-electron chi connectivity index (χ1n) is 8.33. The van der Waals surface area contributed by atoms with Gasteiger partial charge in [0.25, 0.3) is 5.91 Å². The summed E-state index contributed by atoms with van der Waals surface area (Å²) in [6.07, 6.45) is 1.27. The van der Waals surface area contributed by atoms with Crippen LogP contribution in [0.1, 0.15) is 23.8 Å². The van der Waals surface area contributed by atoms with Gasteiger partial charge in [-0.3, -0.25) is 9.69 Å². The predicted molar refractivity (Wildman–Crippen MR) is 89.6 cm³/mol. The first-order chi connectivity index (χ1) is 11.1. The van der Waals surface area contributed by atoms with Crippen molar-refractivity contribution in [1.29, 1.82) is 0 Å². The van der Waals surface area contributed by atoms with E-state index in [-0.39, 0.29) is 11.9 Å². The highest BCUT2D eigenvalue weighted by atomic mass is 16.5. The van der Waals surface area contributed by atoms with E-state index < -0.39 is 0 Å². The molecule has 2 fully saturated rings. The van der Waals surface area contributed by atoms with E-state index in [1.807, 2.05) is 41.9 Å². The number of para-hydroxylation sites is 1. The topological polar surface area (TPSA) is 46.5 Å². The Kier molecular flexibility index (Phi) is 3.62. The van der Waals surface area contributed by atoms with Gasteiger partial charge in [-0.1, -0.05) is 18.2 Å². The van der Waals surface area contributed by atoms with Crippen molar-refractivity contribution in [2.24, 2.45) is 7.05 Å². The maximum absolute atomic E-state index is 12.7. The van der Waals surface area contributed by atoms with Crippen LogP contribution >= 0.6 is 0 Å². The van der Waals surface area contributed by atoms with Crippen LogP contribution in [-0.2, 0) is 11.8 Å². The molecule has 2 aliphatic heterocycles. The summed E-state index contributed by atoms with van der Waals surface area (Å²) in [6, 6.07) is 10.7. The van der Waals surface area contributed by atoms with Crippen LogP contribution in [0.5, 0.6) is 0 Å².